The van der Waals surface area contributed by atoms with Crippen LogP contribution in [0.4, 0.5) is 17.3 Å². The third-order valence-corrected chi connectivity index (χ3v) is 5.64. The number of hydrogen-bond acceptors (Lipinski definition) is 6. The second kappa shape index (κ2) is 7.02. The van der Waals surface area contributed by atoms with Crippen LogP contribution < -0.4 is 20.7 Å². The van der Waals surface area contributed by atoms with E-state index in [-0.39, 0.29) is 5.56 Å². The van der Waals surface area contributed by atoms with E-state index >= 15 is 0 Å². The smallest absolute Gasteiger partial charge is 0.257 e. The molecule has 0 aliphatic carbocycles. The van der Waals surface area contributed by atoms with Crippen LogP contribution in [0.5, 0.6) is 0 Å². The van der Waals surface area contributed by atoms with Crippen molar-refractivity contribution in [1.29, 1.82) is 0 Å². The zero-order chi connectivity index (χ0) is 20.8. The van der Waals surface area contributed by atoms with Crippen molar-refractivity contribution in [1.82, 2.24) is 9.55 Å². The average molecular weight is 400 g/mol. The Hall–Kier alpha value is -3.61. The van der Waals surface area contributed by atoms with Gasteiger partial charge in [-0.1, -0.05) is 30.3 Å². The lowest BCUT2D eigenvalue weighted by Gasteiger charge is -2.31. The standard InChI is InChI=1S/C23H24N6O/c1-15-14-20(30)29-21(17-8-10-18(11-9-17)27(2)3)25-22(26-23(29)24-15)28-13-12-16-6-4-5-7-19(16)28/h4-11,14,21H,12-13H2,1-3H3,(H,24,25,26). The van der Waals surface area contributed by atoms with E-state index < -0.39 is 6.17 Å². The van der Waals surface area contributed by atoms with Crippen molar-refractivity contribution >= 4 is 23.3 Å². The predicted molar refractivity (Wildman–Crippen MR) is 121 cm³/mol. The molecule has 2 aromatic carbocycles. The molecule has 2 aliphatic rings. The number of nitrogens with zero attached hydrogens (tertiary/aromatic N) is 5. The normalized spacial score (nSPS) is 17.1. The Morgan fingerprint density at radius 1 is 1.10 bits per heavy atom. The number of benzene rings is 2. The SMILES string of the molecule is Cc1cc(=O)n2c(n1)NC(N1CCc3ccccc31)=NC2c1ccc(N(C)C)cc1. The third-order valence-electron chi connectivity index (χ3n) is 5.64. The molecule has 0 saturated carbocycles. The largest absolute Gasteiger partial charge is 0.378 e. The van der Waals surface area contributed by atoms with Gasteiger partial charge in [-0.05, 0) is 42.7 Å². The first-order valence-corrected chi connectivity index (χ1v) is 10.1. The Kier molecular flexibility index (Phi) is 4.31. The molecule has 2 aliphatic heterocycles. The molecular weight excluding hydrogens is 376 g/mol. The van der Waals surface area contributed by atoms with E-state index in [2.05, 4.69) is 33.4 Å². The minimum Gasteiger partial charge on any atom is -0.378 e. The van der Waals surface area contributed by atoms with Gasteiger partial charge in [0.1, 0.15) is 0 Å². The summed E-state index contributed by atoms with van der Waals surface area (Å²) in [6.45, 7) is 2.68. The van der Waals surface area contributed by atoms with Crippen molar-refractivity contribution in [2.45, 2.75) is 19.5 Å². The molecule has 0 fully saturated rings. The molecular formula is C23H24N6O. The monoisotopic (exact) mass is 400 g/mol. The Balaban J connectivity index is 1.63. The van der Waals surface area contributed by atoms with Crippen LogP contribution >= 0.6 is 0 Å². The third kappa shape index (κ3) is 3.03. The van der Waals surface area contributed by atoms with Crippen molar-refractivity contribution in [3.63, 3.8) is 0 Å². The highest BCUT2D eigenvalue weighted by molar-refractivity contribution is 6.06. The van der Waals surface area contributed by atoms with Gasteiger partial charge in [0, 0.05) is 43.8 Å². The Labute approximate surface area is 175 Å². The second-order valence-corrected chi connectivity index (χ2v) is 7.90. The van der Waals surface area contributed by atoms with Crippen molar-refractivity contribution in [3.8, 4) is 0 Å². The van der Waals surface area contributed by atoms with Crippen LogP contribution in [0.2, 0.25) is 0 Å². The van der Waals surface area contributed by atoms with Gasteiger partial charge in [-0.15, -0.1) is 0 Å². The number of fused-ring (bicyclic) bond motifs is 2. The van der Waals surface area contributed by atoms with Gasteiger partial charge in [-0.3, -0.25) is 14.7 Å². The molecule has 0 amide bonds. The summed E-state index contributed by atoms with van der Waals surface area (Å²) in [6, 6.07) is 18.1. The van der Waals surface area contributed by atoms with Crippen LogP contribution in [0.3, 0.4) is 0 Å². The van der Waals surface area contributed by atoms with Gasteiger partial charge in [0.25, 0.3) is 5.56 Å². The number of aliphatic imine (C=N–C) groups is 1. The summed E-state index contributed by atoms with van der Waals surface area (Å²) in [5.74, 6) is 1.25. The Morgan fingerprint density at radius 2 is 1.87 bits per heavy atom. The molecule has 0 bridgehead atoms. The van der Waals surface area contributed by atoms with Crippen LogP contribution in [0.25, 0.3) is 0 Å². The van der Waals surface area contributed by atoms with Gasteiger partial charge >= 0.3 is 0 Å². The maximum atomic E-state index is 12.9. The number of aryl methyl sites for hydroxylation is 1. The number of rotatable bonds is 2. The maximum Gasteiger partial charge on any atom is 0.257 e. The summed E-state index contributed by atoms with van der Waals surface area (Å²) in [5.41, 5.74) is 5.06. The second-order valence-electron chi connectivity index (χ2n) is 7.90. The number of hydrogen-bond donors (Lipinski definition) is 1. The molecule has 5 rings (SSSR count). The van der Waals surface area contributed by atoms with E-state index in [0.717, 1.165) is 35.9 Å². The van der Waals surface area contributed by atoms with Gasteiger partial charge in [0.2, 0.25) is 11.9 Å². The molecule has 3 aromatic rings. The Bertz CT molecular complexity index is 1200. The van der Waals surface area contributed by atoms with Crippen LogP contribution in [0, 0.1) is 6.92 Å². The molecule has 0 spiro atoms. The number of aromatic nitrogens is 2. The van der Waals surface area contributed by atoms with E-state index in [4.69, 9.17) is 4.99 Å². The zero-order valence-electron chi connectivity index (χ0n) is 17.3. The van der Waals surface area contributed by atoms with E-state index in [0.29, 0.717) is 11.6 Å². The van der Waals surface area contributed by atoms with Gasteiger partial charge in [0.15, 0.2) is 6.17 Å². The first-order valence-electron chi connectivity index (χ1n) is 10.1. The fourth-order valence-electron chi connectivity index (χ4n) is 4.10. The molecule has 1 unspecified atom stereocenters. The quantitative estimate of drug-likeness (QED) is 0.716. The molecule has 0 radical (unpaired) electrons. The summed E-state index contributed by atoms with van der Waals surface area (Å²) in [5, 5.41) is 3.31. The van der Waals surface area contributed by atoms with Gasteiger partial charge < -0.3 is 9.80 Å². The number of guanidine groups is 1. The fourth-order valence-corrected chi connectivity index (χ4v) is 4.10. The van der Waals surface area contributed by atoms with Gasteiger partial charge in [-0.25, -0.2) is 9.98 Å². The minimum atomic E-state index is -0.471. The number of nitrogens with one attached hydrogen (secondary N) is 1. The maximum absolute atomic E-state index is 12.9. The first kappa shape index (κ1) is 18.4. The highest BCUT2D eigenvalue weighted by Gasteiger charge is 2.30. The lowest BCUT2D eigenvalue weighted by atomic mass is 10.1. The predicted octanol–water partition coefficient (Wildman–Crippen LogP) is 3.01. The lowest BCUT2D eigenvalue weighted by Crippen LogP contribution is -2.43. The van der Waals surface area contributed by atoms with Crippen molar-refractivity contribution in [2.24, 2.45) is 4.99 Å². The molecule has 1 N–H and O–H groups in total. The summed E-state index contributed by atoms with van der Waals surface area (Å²) >= 11 is 0. The summed E-state index contributed by atoms with van der Waals surface area (Å²) in [4.78, 5) is 26.7. The molecule has 0 saturated heterocycles. The zero-order valence-corrected chi connectivity index (χ0v) is 17.3. The van der Waals surface area contributed by atoms with E-state index in [1.165, 1.54) is 5.56 Å². The van der Waals surface area contributed by atoms with Crippen molar-refractivity contribution < 1.29 is 0 Å². The Morgan fingerprint density at radius 3 is 2.63 bits per heavy atom. The highest BCUT2D eigenvalue weighted by Crippen LogP contribution is 2.32. The summed E-state index contributed by atoms with van der Waals surface area (Å²) in [6.07, 6.45) is 0.494. The molecule has 1 atom stereocenters. The van der Waals surface area contributed by atoms with Crippen molar-refractivity contribution in [2.75, 3.05) is 35.8 Å². The van der Waals surface area contributed by atoms with E-state index in [1.54, 1.807) is 10.6 Å². The first-order chi connectivity index (χ1) is 14.5. The van der Waals surface area contributed by atoms with E-state index in [1.807, 2.05) is 56.3 Å². The van der Waals surface area contributed by atoms with Crippen LogP contribution in [-0.2, 0) is 6.42 Å². The lowest BCUT2D eigenvalue weighted by molar-refractivity contribution is 0.574. The molecule has 7 heteroatoms. The van der Waals surface area contributed by atoms with E-state index in [9.17, 15) is 4.79 Å². The minimum absolute atomic E-state index is 0.115. The molecule has 152 valence electrons. The van der Waals surface area contributed by atoms with Crippen molar-refractivity contribution in [3.05, 3.63) is 81.8 Å². The number of anilines is 3. The van der Waals surface area contributed by atoms with Crippen LogP contribution in [0.15, 0.2) is 64.4 Å². The summed E-state index contributed by atoms with van der Waals surface area (Å²) in [7, 11) is 4.01. The summed E-state index contributed by atoms with van der Waals surface area (Å²) < 4.78 is 1.63. The van der Waals surface area contributed by atoms with Crippen LogP contribution in [-0.4, -0.2) is 36.2 Å². The van der Waals surface area contributed by atoms with Crippen LogP contribution in [0.1, 0.15) is 23.0 Å². The molecule has 1 aromatic heterocycles. The van der Waals surface area contributed by atoms with Gasteiger partial charge in [0.05, 0.1) is 0 Å². The highest BCUT2D eigenvalue weighted by atomic mass is 16.1. The topological polar surface area (TPSA) is 65.8 Å². The average Bonchev–Trinajstić information content (AvgIpc) is 3.17. The molecule has 30 heavy (non-hydrogen) atoms. The molecule has 7 nitrogen and oxygen atoms in total. The number of para-hydroxylation sites is 1. The van der Waals surface area contributed by atoms with Gasteiger partial charge in [-0.2, -0.15) is 0 Å². The molecule has 3 heterocycles. The fraction of sp³-hybridized carbons (Fsp3) is 0.261.